The molecule has 3 rings (SSSR count). The van der Waals surface area contributed by atoms with E-state index in [4.69, 9.17) is 0 Å². The second kappa shape index (κ2) is 6.72. The predicted molar refractivity (Wildman–Crippen MR) is 98.7 cm³/mol. The molecule has 0 N–H and O–H groups in total. The highest BCUT2D eigenvalue weighted by Crippen LogP contribution is 2.45. The summed E-state index contributed by atoms with van der Waals surface area (Å²) < 4.78 is 26.5. The van der Waals surface area contributed by atoms with Crippen molar-refractivity contribution in [3.8, 4) is 0 Å². The number of nitrogens with zero attached hydrogens (tertiary/aromatic N) is 2. The average Bonchev–Trinajstić information content (AvgIpc) is 2.59. The zero-order valence-electron chi connectivity index (χ0n) is 15.3. The fraction of sp³-hybridized carbons (Fsp3) is 0.632. The Kier molecular flexibility index (Phi) is 4.95. The molecule has 2 aliphatic rings. The van der Waals surface area contributed by atoms with Gasteiger partial charge in [-0.3, -0.25) is 4.79 Å². The molecule has 1 spiro atoms. The maximum Gasteiger partial charge on any atom is 0.229 e. The molecule has 25 heavy (non-hydrogen) atoms. The van der Waals surface area contributed by atoms with Gasteiger partial charge < -0.3 is 4.90 Å². The van der Waals surface area contributed by atoms with Gasteiger partial charge in [0.25, 0.3) is 0 Å². The van der Waals surface area contributed by atoms with Gasteiger partial charge in [0.2, 0.25) is 15.9 Å². The molecule has 1 aromatic carbocycles. The van der Waals surface area contributed by atoms with Crippen molar-refractivity contribution in [2.24, 2.45) is 5.41 Å². The second-order valence-electron chi connectivity index (χ2n) is 7.85. The number of carbonyl (C=O) groups is 1. The standard InChI is InChI=1S/C19H28N2O3S/c1-15(2)25(23,24)21-11-9-19(10-12-21)13-17(18(22)20(3)14-19)16-7-5-4-6-8-16/h4-8,15,17H,9-14H2,1-3H3. The van der Waals surface area contributed by atoms with Crippen LogP contribution in [0.4, 0.5) is 0 Å². The minimum atomic E-state index is -3.19. The molecule has 1 unspecified atom stereocenters. The van der Waals surface area contributed by atoms with Gasteiger partial charge in [-0.15, -0.1) is 0 Å². The van der Waals surface area contributed by atoms with Gasteiger partial charge in [-0.2, -0.15) is 0 Å². The zero-order chi connectivity index (χ0) is 18.2. The third kappa shape index (κ3) is 3.47. The van der Waals surface area contributed by atoms with E-state index in [9.17, 15) is 13.2 Å². The van der Waals surface area contributed by atoms with Crippen molar-refractivity contribution in [3.63, 3.8) is 0 Å². The van der Waals surface area contributed by atoms with Crippen LogP contribution in [0.5, 0.6) is 0 Å². The monoisotopic (exact) mass is 364 g/mol. The van der Waals surface area contributed by atoms with Crippen LogP contribution in [0.1, 0.15) is 44.6 Å². The Balaban J connectivity index is 1.78. The Bertz CT molecular complexity index is 722. The molecule has 0 saturated carbocycles. The first kappa shape index (κ1) is 18.4. The van der Waals surface area contributed by atoms with Crippen LogP contribution in [0, 0.1) is 5.41 Å². The lowest BCUT2D eigenvalue weighted by Gasteiger charge is -2.49. The van der Waals surface area contributed by atoms with Crippen molar-refractivity contribution in [2.45, 2.75) is 44.3 Å². The van der Waals surface area contributed by atoms with Crippen LogP contribution in [0.2, 0.25) is 0 Å². The molecule has 2 saturated heterocycles. The van der Waals surface area contributed by atoms with Gasteiger partial charge in [-0.05, 0) is 44.1 Å². The van der Waals surface area contributed by atoms with Crippen LogP contribution in [-0.4, -0.2) is 55.5 Å². The molecule has 6 heteroatoms. The SMILES string of the molecule is CC(C)S(=O)(=O)N1CCC2(CC1)CC(c1ccccc1)C(=O)N(C)C2. The first-order chi connectivity index (χ1) is 11.8. The normalized spacial score (nSPS) is 24.9. The van der Waals surface area contributed by atoms with Gasteiger partial charge in [0.05, 0.1) is 11.2 Å². The number of amides is 1. The van der Waals surface area contributed by atoms with E-state index in [1.807, 2.05) is 42.3 Å². The minimum absolute atomic E-state index is 0.0200. The molecule has 138 valence electrons. The highest BCUT2D eigenvalue weighted by Gasteiger charge is 2.46. The van der Waals surface area contributed by atoms with E-state index >= 15 is 0 Å². The summed E-state index contributed by atoms with van der Waals surface area (Å²) >= 11 is 0. The molecule has 1 amide bonds. The highest BCUT2D eigenvalue weighted by molar-refractivity contribution is 7.89. The molecule has 5 nitrogen and oxygen atoms in total. The first-order valence-corrected chi connectivity index (χ1v) is 10.5. The van der Waals surface area contributed by atoms with Crippen LogP contribution in [0.3, 0.4) is 0 Å². The minimum Gasteiger partial charge on any atom is -0.345 e. The van der Waals surface area contributed by atoms with E-state index in [-0.39, 0.29) is 22.5 Å². The molecule has 1 atom stereocenters. The van der Waals surface area contributed by atoms with E-state index in [0.717, 1.165) is 31.4 Å². The van der Waals surface area contributed by atoms with Crippen molar-refractivity contribution in [1.29, 1.82) is 0 Å². The summed E-state index contributed by atoms with van der Waals surface area (Å²) in [4.78, 5) is 14.5. The highest BCUT2D eigenvalue weighted by atomic mass is 32.2. The van der Waals surface area contributed by atoms with Crippen molar-refractivity contribution in [1.82, 2.24) is 9.21 Å². The lowest BCUT2D eigenvalue weighted by atomic mass is 9.68. The smallest absolute Gasteiger partial charge is 0.229 e. The summed E-state index contributed by atoms with van der Waals surface area (Å²) in [5.41, 5.74) is 1.09. The molecule has 2 heterocycles. The lowest BCUT2D eigenvalue weighted by Crippen LogP contribution is -2.54. The van der Waals surface area contributed by atoms with Gasteiger partial charge in [0.15, 0.2) is 0 Å². The second-order valence-corrected chi connectivity index (χ2v) is 10.3. The molecular formula is C19H28N2O3S. The Labute approximate surface area is 151 Å². The largest absolute Gasteiger partial charge is 0.345 e. The van der Waals surface area contributed by atoms with Crippen LogP contribution in [0.15, 0.2) is 30.3 Å². The summed E-state index contributed by atoms with van der Waals surface area (Å²) in [6.45, 7) is 5.31. The molecule has 0 aromatic heterocycles. The molecule has 2 aliphatic heterocycles. The van der Waals surface area contributed by atoms with Gasteiger partial charge in [-0.25, -0.2) is 12.7 Å². The third-order valence-corrected chi connectivity index (χ3v) is 8.10. The molecule has 0 bridgehead atoms. The maximum absolute atomic E-state index is 12.7. The van der Waals surface area contributed by atoms with Gasteiger partial charge >= 0.3 is 0 Å². The van der Waals surface area contributed by atoms with Crippen LogP contribution in [0.25, 0.3) is 0 Å². The zero-order valence-corrected chi connectivity index (χ0v) is 16.1. The van der Waals surface area contributed by atoms with Crippen LogP contribution >= 0.6 is 0 Å². The van der Waals surface area contributed by atoms with Crippen molar-refractivity contribution < 1.29 is 13.2 Å². The molecular weight excluding hydrogens is 336 g/mol. The number of hydrogen-bond acceptors (Lipinski definition) is 3. The van der Waals surface area contributed by atoms with Crippen LogP contribution in [-0.2, 0) is 14.8 Å². The number of sulfonamides is 1. The third-order valence-electron chi connectivity index (χ3n) is 5.82. The van der Waals surface area contributed by atoms with Crippen LogP contribution < -0.4 is 0 Å². The summed E-state index contributed by atoms with van der Waals surface area (Å²) in [6, 6.07) is 9.95. The van der Waals surface area contributed by atoms with E-state index in [1.165, 1.54) is 0 Å². The Hall–Kier alpha value is -1.40. The number of likely N-dealkylation sites (N-methyl/N-ethyl adjacent to an activating group) is 1. The number of benzene rings is 1. The summed E-state index contributed by atoms with van der Waals surface area (Å²) in [5, 5.41) is -0.380. The van der Waals surface area contributed by atoms with Crippen molar-refractivity contribution in [3.05, 3.63) is 35.9 Å². The summed E-state index contributed by atoms with van der Waals surface area (Å²) in [7, 11) is -1.32. The topological polar surface area (TPSA) is 57.7 Å². The van der Waals surface area contributed by atoms with Crippen molar-refractivity contribution >= 4 is 15.9 Å². The Morgan fingerprint density at radius 2 is 1.72 bits per heavy atom. The van der Waals surface area contributed by atoms with Crippen molar-refractivity contribution in [2.75, 3.05) is 26.7 Å². The fourth-order valence-electron chi connectivity index (χ4n) is 4.25. The van der Waals surface area contributed by atoms with E-state index in [2.05, 4.69) is 0 Å². The van der Waals surface area contributed by atoms with E-state index in [1.54, 1.807) is 18.2 Å². The van der Waals surface area contributed by atoms with E-state index in [0.29, 0.717) is 13.1 Å². The number of hydrogen-bond donors (Lipinski definition) is 0. The lowest BCUT2D eigenvalue weighted by molar-refractivity contribution is -0.139. The Morgan fingerprint density at radius 1 is 1.12 bits per heavy atom. The maximum atomic E-state index is 12.7. The number of piperidine rings is 2. The molecule has 2 fully saturated rings. The molecule has 0 radical (unpaired) electrons. The fourth-order valence-corrected chi connectivity index (χ4v) is 5.54. The van der Waals surface area contributed by atoms with Gasteiger partial charge in [-0.1, -0.05) is 30.3 Å². The van der Waals surface area contributed by atoms with Gasteiger partial charge in [0.1, 0.15) is 0 Å². The average molecular weight is 365 g/mol. The Morgan fingerprint density at radius 3 is 2.28 bits per heavy atom. The first-order valence-electron chi connectivity index (χ1n) is 9.04. The summed E-state index contributed by atoms with van der Waals surface area (Å²) in [6.07, 6.45) is 2.45. The van der Waals surface area contributed by atoms with Gasteiger partial charge in [0, 0.05) is 26.7 Å². The number of rotatable bonds is 3. The number of carbonyl (C=O) groups excluding carboxylic acids is 1. The molecule has 0 aliphatic carbocycles. The quantitative estimate of drug-likeness (QED) is 0.828. The predicted octanol–water partition coefficient (Wildman–Crippen LogP) is 2.45. The van der Waals surface area contributed by atoms with E-state index < -0.39 is 10.0 Å². The number of likely N-dealkylation sites (tertiary alicyclic amines) is 1. The summed E-state index contributed by atoms with van der Waals surface area (Å²) in [5.74, 6) is 0.0577. The molecule has 1 aromatic rings.